The van der Waals surface area contributed by atoms with Crippen molar-refractivity contribution in [3.05, 3.63) is 0 Å². The first kappa shape index (κ1) is 19.6. The normalized spacial score (nSPS) is 13.1. The molecule has 21 heavy (non-hydrogen) atoms. The summed E-state index contributed by atoms with van der Waals surface area (Å²) in [4.78, 5) is 34.0. The van der Waals surface area contributed by atoms with Crippen molar-refractivity contribution >= 4 is 29.7 Å². The summed E-state index contributed by atoms with van der Waals surface area (Å²) in [6.45, 7) is 4.04. The number of carboxylic acid groups (broad SMARTS) is 1. The highest BCUT2D eigenvalue weighted by Crippen LogP contribution is 2.00. The molecule has 8 heteroatoms. The van der Waals surface area contributed by atoms with Crippen LogP contribution in [-0.2, 0) is 9.59 Å². The summed E-state index contributed by atoms with van der Waals surface area (Å²) in [6, 6.07) is -1.37. The maximum atomic E-state index is 11.6. The van der Waals surface area contributed by atoms with E-state index < -0.39 is 18.0 Å². The van der Waals surface area contributed by atoms with Crippen LogP contribution in [0.1, 0.15) is 33.1 Å². The van der Waals surface area contributed by atoms with E-state index in [2.05, 4.69) is 16.0 Å². The van der Waals surface area contributed by atoms with Crippen LogP contribution in [0.2, 0.25) is 0 Å². The van der Waals surface area contributed by atoms with Crippen LogP contribution in [0.3, 0.4) is 0 Å². The number of hydrogen-bond donors (Lipinski definition) is 4. The van der Waals surface area contributed by atoms with Crippen molar-refractivity contribution in [2.75, 3.05) is 18.6 Å². The molecule has 0 radical (unpaired) electrons. The van der Waals surface area contributed by atoms with Crippen LogP contribution < -0.4 is 16.0 Å². The number of hydrogen-bond acceptors (Lipinski definition) is 4. The molecule has 2 atom stereocenters. The lowest BCUT2D eigenvalue weighted by Crippen LogP contribution is -2.47. The fourth-order valence-electron chi connectivity index (χ4n) is 1.44. The van der Waals surface area contributed by atoms with E-state index in [0.29, 0.717) is 12.2 Å². The van der Waals surface area contributed by atoms with Crippen LogP contribution in [0.5, 0.6) is 0 Å². The lowest BCUT2D eigenvalue weighted by molar-refractivity contribution is -0.139. The van der Waals surface area contributed by atoms with Crippen LogP contribution in [0.15, 0.2) is 0 Å². The van der Waals surface area contributed by atoms with E-state index in [1.54, 1.807) is 0 Å². The smallest absolute Gasteiger partial charge is 0.326 e. The van der Waals surface area contributed by atoms with Gasteiger partial charge in [0.1, 0.15) is 6.04 Å². The third-order valence-corrected chi connectivity index (χ3v) is 3.52. The predicted molar refractivity (Wildman–Crippen MR) is 83.5 cm³/mol. The van der Waals surface area contributed by atoms with Gasteiger partial charge < -0.3 is 21.1 Å². The van der Waals surface area contributed by atoms with Crippen molar-refractivity contribution in [3.8, 4) is 0 Å². The van der Waals surface area contributed by atoms with Crippen LogP contribution in [0.25, 0.3) is 0 Å². The molecule has 0 aliphatic heterocycles. The predicted octanol–water partition coefficient (Wildman–Crippen LogP) is 0.797. The molecule has 0 aromatic heterocycles. The fraction of sp³-hybridized carbons (Fsp3) is 0.769. The van der Waals surface area contributed by atoms with Crippen molar-refractivity contribution in [1.29, 1.82) is 0 Å². The largest absolute Gasteiger partial charge is 0.480 e. The Kier molecular flexibility index (Phi) is 10.5. The zero-order valence-corrected chi connectivity index (χ0v) is 13.6. The van der Waals surface area contributed by atoms with E-state index in [-0.39, 0.29) is 24.9 Å². The van der Waals surface area contributed by atoms with Gasteiger partial charge in [0, 0.05) is 19.0 Å². The standard InChI is InChI=1S/C13H25N3O4S/c1-4-9(2)15-11(17)5-7-14-13(20)16-10(12(18)19)6-8-21-3/h9-10H,4-8H2,1-3H3,(H,15,17)(H,18,19)(H2,14,16,20). The number of nitrogens with one attached hydrogen (secondary N) is 3. The van der Waals surface area contributed by atoms with Gasteiger partial charge in [-0.2, -0.15) is 11.8 Å². The molecule has 0 aliphatic carbocycles. The topological polar surface area (TPSA) is 108 Å². The molecule has 7 nitrogen and oxygen atoms in total. The summed E-state index contributed by atoms with van der Waals surface area (Å²) in [7, 11) is 0. The molecule has 0 spiro atoms. The molecular formula is C13H25N3O4S. The van der Waals surface area contributed by atoms with Crippen molar-refractivity contribution in [3.63, 3.8) is 0 Å². The molecule has 0 aliphatic rings. The number of carboxylic acids is 1. The Hall–Kier alpha value is -1.44. The quantitative estimate of drug-likeness (QED) is 0.476. The Morgan fingerprint density at radius 3 is 2.43 bits per heavy atom. The molecule has 0 bridgehead atoms. The summed E-state index contributed by atoms with van der Waals surface area (Å²) in [5.41, 5.74) is 0. The number of rotatable bonds is 10. The highest BCUT2D eigenvalue weighted by molar-refractivity contribution is 7.98. The minimum absolute atomic E-state index is 0.106. The van der Waals surface area contributed by atoms with Gasteiger partial charge in [0.15, 0.2) is 0 Å². The summed E-state index contributed by atoms with van der Waals surface area (Å²) >= 11 is 1.52. The number of amides is 3. The Labute approximate surface area is 129 Å². The summed E-state index contributed by atoms with van der Waals surface area (Å²) < 4.78 is 0. The Morgan fingerprint density at radius 1 is 1.24 bits per heavy atom. The van der Waals surface area contributed by atoms with Crippen LogP contribution in [-0.4, -0.2) is 53.7 Å². The van der Waals surface area contributed by atoms with E-state index in [4.69, 9.17) is 5.11 Å². The Bertz CT molecular complexity index is 352. The highest BCUT2D eigenvalue weighted by atomic mass is 32.2. The van der Waals surface area contributed by atoms with E-state index in [1.807, 2.05) is 20.1 Å². The fourth-order valence-corrected chi connectivity index (χ4v) is 1.91. The van der Waals surface area contributed by atoms with Crippen LogP contribution in [0, 0.1) is 0 Å². The van der Waals surface area contributed by atoms with Crippen molar-refractivity contribution in [1.82, 2.24) is 16.0 Å². The number of aliphatic carboxylic acids is 1. The minimum atomic E-state index is -1.06. The summed E-state index contributed by atoms with van der Waals surface area (Å²) in [5.74, 6) is -0.551. The molecule has 4 N–H and O–H groups in total. The second kappa shape index (κ2) is 11.2. The van der Waals surface area contributed by atoms with E-state index in [1.165, 1.54) is 11.8 Å². The maximum absolute atomic E-state index is 11.6. The van der Waals surface area contributed by atoms with Gasteiger partial charge >= 0.3 is 12.0 Å². The molecule has 0 aromatic rings. The Balaban J connectivity index is 3.97. The third kappa shape index (κ3) is 10.0. The molecule has 0 saturated carbocycles. The molecule has 2 unspecified atom stereocenters. The molecule has 122 valence electrons. The van der Waals surface area contributed by atoms with Crippen molar-refractivity contribution < 1.29 is 19.5 Å². The first-order valence-corrected chi connectivity index (χ1v) is 8.35. The number of carbonyl (C=O) groups excluding carboxylic acids is 2. The lowest BCUT2D eigenvalue weighted by Gasteiger charge is -2.15. The van der Waals surface area contributed by atoms with Gasteiger partial charge in [0.05, 0.1) is 0 Å². The second-order valence-corrected chi connectivity index (χ2v) is 5.68. The van der Waals surface area contributed by atoms with Gasteiger partial charge in [-0.25, -0.2) is 9.59 Å². The van der Waals surface area contributed by atoms with Gasteiger partial charge in [-0.3, -0.25) is 4.79 Å². The van der Waals surface area contributed by atoms with Gasteiger partial charge in [0.2, 0.25) is 5.91 Å². The summed E-state index contributed by atoms with van der Waals surface area (Å²) in [5, 5.41) is 16.6. The first-order chi connectivity index (χ1) is 9.90. The van der Waals surface area contributed by atoms with Crippen molar-refractivity contribution in [2.24, 2.45) is 0 Å². The van der Waals surface area contributed by atoms with Gasteiger partial charge in [-0.05, 0) is 31.8 Å². The number of thioether (sulfide) groups is 1. The van der Waals surface area contributed by atoms with Gasteiger partial charge in [-0.15, -0.1) is 0 Å². The molecule has 3 amide bonds. The molecule has 0 fully saturated rings. The minimum Gasteiger partial charge on any atom is -0.480 e. The van der Waals surface area contributed by atoms with Gasteiger partial charge in [0.25, 0.3) is 0 Å². The lowest BCUT2D eigenvalue weighted by atomic mass is 10.2. The Morgan fingerprint density at radius 2 is 1.90 bits per heavy atom. The highest BCUT2D eigenvalue weighted by Gasteiger charge is 2.19. The first-order valence-electron chi connectivity index (χ1n) is 6.96. The van der Waals surface area contributed by atoms with Gasteiger partial charge in [-0.1, -0.05) is 6.92 Å². The average molecular weight is 319 g/mol. The molecule has 0 aromatic carbocycles. The zero-order valence-electron chi connectivity index (χ0n) is 12.8. The molecule has 0 saturated heterocycles. The van der Waals surface area contributed by atoms with Crippen LogP contribution in [0.4, 0.5) is 4.79 Å². The zero-order chi connectivity index (χ0) is 16.3. The van der Waals surface area contributed by atoms with E-state index in [9.17, 15) is 14.4 Å². The average Bonchev–Trinajstić information content (AvgIpc) is 2.42. The molecular weight excluding hydrogens is 294 g/mol. The second-order valence-electron chi connectivity index (χ2n) is 4.70. The van der Waals surface area contributed by atoms with Crippen LogP contribution >= 0.6 is 11.8 Å². The third-order valence-electron chi connectivity index (χ3n) is 2.87. The maximum Gasteiger partial charge on any atom is 0.326 e. The molecule has 0 heterocycles. The monoisotopic (exact) mass is 319 g/mol. The van der Waals surface area contributed by atoms with E-state index >= 15 is 0 Å². The van der Waals surface area contributed by atoms with E-state index in [0.717, 1.165) is 6.42 Å². The number of carbonyl (C=O) groups is 3. The summed E-state index contributed by atoms with van der Waals surface area (Å²) in [6.07, 6.45) is 3.24. The molecule has 0 rings (SSSR count). The SMILES string of the molecule is CCC(C)NC(=O)CCNC(=O)NC(CCSC)C(=O)O. The van der Waals surface area contributed by atoms with Crippen molar-refractivity contribution in [2.45, 2.75) is 45.2 Å². The number of urea groups is 1.